The molecule has 21 heavy (non-hydrogen) atoms. The van der Waals surface area contributed by atoms with E-state index >= 15 is 0 Å². The smallest absolute Gasteiger partial charge is 0.133 e. The summed E-state index contributed by atoms with van der Waals surface area (Å²) in [6.45, 7) is 17.3. The molecule has 0 aromatic carbocycles. The van der Waals surface area contributed by atoms with Gasteiger partial charge in [0.15, 0.2) is 0 Å². The minimum atomic E-state index is 0.116. The zero-order valence-electron chi connectivity index (χ0n) is 15.2. The number of hydrogen-bond donors (Lipinski definition) is 1. The molecule has 0 spiro atoms. The average molecular weight is 291 g/mol. The predicted octanol–water partition coefficient (Wildman–Crippen LogP) is 4.07. The molecule has 1 aromatic rings. The topological polar surface area (TPSA) is 28.2 Å². The van der Waals surface area contributed by atoms with Crippen LogP contribution in [0.1, 0.15) is 57.9 Å². The van der Waals surface area contributed by atoms with Gasteiger partial charge in [-0.2, -0.15) is 0 Å². The summed E-state index contributed by atoms with van der Waals surface area (Å²) in [4.78, 5) is 7.10. The van der Waals surface area contributed by atoms with Crippen LogP contribution in [0.2, 0.25) is 0 Å². The van der Waals surface area contributed by atoms with Crippen molar-refractivity contribution in [1.29, 1.82) is 0 Å². The Labute approximate surface area is 131 Å². The minimum absolute atomic E-state index is 0.116. The third-order valence-electron chi connectivity index (χ3n) is 3.65. The largest absolute Gasteiger partial charge is 0.359 e. The van der Waals surface area contributed by atoms with Crippen LogP contribution in [0.4, 0.5) is 5.82 Å². The van der Waals surface area contributed by atoms with Gasteiger partial charge in [0.2, 0.25) is 0 Å². The minimum Gasteiger partial charge on any atom is -0.359 e. The Bertz CT molecular complexity index is 458. The molecular formula is C18H33N3. The number of pyridine rings is 1. The fourth-order valence-electron chi connectivity index (χ4n) is 2.29. The van der Waals surface area contributed by atoms with Crippen molar-refractivity contribution in [3.63, 3.8) is 0 Å². The lowest BCUT2D eigenvalue weighted by Gasteiger charge is -2.27. The van der Waals surface area contributed by atoms with Gasteiger partial charge in [0.25, 0.3) is 0 Å². The van der Waals surface area contributed by atoms with Crippen molar-refractivity contribution in [2.75, 3.05) is 18.5 Å². The van der Waals surface area contributed by atoms with Gasteiger partial charge in [0.1, 0.15) is 5.82 Å². The van der Waals surface area contributed by atoms with Gasteiger partial charge in [-0.15, -0.1) is 0 Å². The second-order valence-electron chi connectivity index (χ2n) is 7.59. The van der Waals surface area contributed by atoms with Gasteiger partial charge < -0.3 is 10.2 Å². The van der Waals surface area contributed by atoms with Crippen molar-refractivity contribution in [3.8, 4) is 0 Å². The standard InChI is InChI=1S/C18H33N3/c1-13(2)9-10-21(8)17-16(12-19-18(5,6)7)14(3)11-15(4)20-17/h11,13,19H,9-10,12H2,1-8H3. The van der Waals surface area contributed by atoms with E-state index in [1.807, 2.05) is 0 Å². The third kappa shape index (κ3) is 6.04. The van der Waals surface area contributed by atoms with Crippen molar-refractivity contribution < 1.29 is 0 Å². The lowest BCUT2D eigenvalue weighted by Crippen LogP contribution is -2.36. The number of aromatic nitrogens is 1. The van der Waals surface area contributed by atoms with Crippen LogP contribution < -0.4 is 10.2 Å². The highest BCUT2D eigenvalue weighted by molar-refractivity contribution is 5.51. The molecule has 0 aliphatic carbocycles. The molecule has 0 fully saturated rings. The normalized spacial score (nSPS) is 12.0. The van der Waals surface area contributed by atoms with Crippen LogP contribution in [-0.4, -0.2) is 24.1 Å². The van der Waals surface area contributed by atoms with Crippen LogP contribution in [0.15, 0.2) is 6.07 Å². The van der Waals surface area contributed by atoms with E-state index in [9.17, 15) is 0 Å². The molecule has 0 aliphatic heterocycles. The molecule has 1 aromatic heterocycles. The molecule has 0 unspecified atom stereocenters. The highest BCUT2D eigenvalue weighted by Crippen LogP contribution is 2.23. The number of nitrogens with zero attached hydrogens (tertiary/aromatic N) is 2. The average Bonchev–Trinajstić information content (AvgIpc) is 2.32. The number of rotatable bonds is 6. The summed E-state index contributed by atoms with van der Waals surface area (Å²) < 4.78 is 0. The van der Waals surface area contributed by atoms with Gasteiger partial charge in [-0.3, -0.25) is 0 Å². The molecule has 1 rings (SSSR count). The SMILES string of the molecule is Cc1cc(C)c(CNC(C)(C)C)c(N(C)CCC(C)C)n1. The number of hydrogen-bond acceptors (Lipinski definition) is 3. The molecule has 0 radical (unpaired) electrons. The first-order valence-corrected chi connectivity index (χ1v) is 8.03. The van der Waals surface area contributed by atoms with E-state index in [1.165, 1.54) is 17.5 Å². The second-order valence-corrected chi connectivity index (χ2v) is 7.59. The highest BCUT2D eigenvalue weighted by atomic mass is 15.2. The Balaban J connectivity index is 2.99. The molecule has 0 aliphatic rings. The lowest BCUT2D eigenvalue weighted by molar-refractivity contribution is 0.423. The van der Waals surface area contributed by atoms with Crippen LogP contribution in [-0.2, 0) is 6.54 Å². The van der Waals surface area contributed by atoms with Crippen LogP contribution in [0.25, 0.3) is 0 Å². The van der Waals surface area contributed by atoms with Gasteiger partial charge in [-0.05, 0) is 58.6 Å². The molecule has 0 saturated heterocycles. The monoisotopic (exact) mass is 291 g/mol. The summed E-state index contributed by atoms with van der Waals surface area (Å²) in [7, 11) is 2.16. The van der Waals surface area contributed by atoms with E-state index in [-0.39, 0.29) is 5.54 Å². The maximum Gasteiger partial charge on any atom is 0.133 e. The molecule has 0 amide bonds. The lowest BCUT2D eigenvalue weighted by atomic mass is 10.0. The first kappa shape index (κ1) is 18.0. The molecular weight excluding hydrogens is 258 g/mol. The fraction of sp³-hybridized carbons (Fsp3) is 0.722. The van der Waals surface area contributed by atoms with E-state index in [1.54, 1.807) is 0 Å². The molecule has 120 valence electrons. The number of anilines is 1. The Morgan fingerprint density at radius 1 is 1.24 bits per heavy atom. The van der Waals surface area contributed by atoms with Crippen molar-refractivity contribution in [2.24, 2.45) is 5.92 Å². The first-order valence-electron chi connectivity index (χ1n) is 8.03. The van der Waals surface area contributed by atoms with Crippen molar-refractivity contribution in [2.45, 2.75) is 67.0 Å². The van der Waals surface area contributed by atoms with Crippen LogP contribution >= 0.6 is 0 Å². The molecule has 3 nitrogen and oxygen atoms in total. The number of aryl methyl sites for hydroxylation is 2. The summed E-state index contributed by atoms with van der Waals surface area (Å²) in [5, 5.41) is 3.59. The van der Waals surface area contributed by atoms with E-state index < -0.39 is 0 Å². The third-order valence-corrected chi connectivity index (χ3v) is 3.65. The second kappa shape index (κ2) is 7.26. The van der Waals surface area contributed by atoms with Gasteiger partial charge in [0.05, 0.1) is 0 Å². The van der Waals surface area contributed by atoms with Crippen molar-refractivity contribution >= 4 is 5.82 Å². The molecule has 0 atom stereocenters. The Morgan fingerprint density at radius 3 is 2.38 bits per heavy atom. The quantitative estimate of drug-likeness (QED) is 0.856. The summed E-state index contributed by atoms with van der Waals surface area (Å²) in [5.41, 5.74) is 3.86. The van der Waals surface area contributed by atoms with Gasteiger partial charge in [-0.1, -0.05) is 13.8 Å². The van der Waals surface area contributed by atoms with E-state index in [4.69, 9.17) is 4.98 Å². The Kier molecular flexibility index (Phi) is 6.21. The Morgan fingerprint density at radius 2 is 1.86 bits per heavy atom. The van der Waals surface area contributed by atoms with Crippen LogP contribution in [0.3, 0.4) is 0 Å². The van der Waals surface area contributed by atoms with E-state index in [2.05, 4.69) is 71.8 Å². The van der Waals surface area contributed by atoms with Gasteiger partial charge in [-0.25, -0.2) is 4.98 Å². The molecule has 0 saturated carbocycles. The first-order chi connectivity index (χ1) is 9.60. The van der Waals surface area contributed by atoms with Crippen LogP contribution in [0.5, 0.6) is 0 Å². The zero-order valence-corrected chi connectivity index (χ0v) is 15.2. The summed E-state index contributed by atoms with van der Waals surface area (Å²) in [6, 6.07) is 2.18. The predicted molar refractivity (Wildman–Crippen MR) is 93.0 cm³/mol. The maximum atomic E-state index is 4.80. The highest BCUT2D eigenvalue weighted by Gasteiger charge is 2.16. The fourth-order valence-corrected chi connectivity index (χ4v) is 2.29. The van der Waals surface area contributed by atoms with E-state index in [0.717, 1.165) is 30.5 Å². The summed E-state index contributed by atoms with van der Waals surface area (Å²) in [5.74, 6) is 1.85. The molecule has 1 heterocycles. The summed E-state index contributed by atoms with van der Waals surface area (Å²) >= 11 is 0. The zero-order chi connectivity index (χ0) is 16.2. The molecule has 0 bridgehead atoms. The maximum absolute atomic E-state index is 4.80. The van der Waals surface area contributed by atoms with Crippen molar-refractivity contribution in [1.82, 2.24) is 10.3 Å². The molecule has 3 heteroatoms. The number of nitrogens with one attached hydrogen (secondary N) is 1. The van der Waals surface area contributed by atoms with Crippen LogP contribution in [0, 0.1) is 19.8 Å². The van der Waals surface area contributed by atoms with Crippen molar-refractivity contribution in [3.05, 3.63) is 22.9 Å². The van der Waals surface area contributed by atoms with E-state index in [0.29, 0.717) is 0 Å². The van der Waals surface area contributed by atoms with Gasteiger partial charge >= 0.3 is 0 Å². The summed E-state index contributed by atoms with van der Waals surface area (Å²) in [6.07, 6.45) is 1.19. The Hall–Kier alpha value is -1.09. The van der Waals surface area contributed by atoms with Gasteiger partial charge in [0, 0.05) is 36.9 Å². The molecule has 1 N–H and O–H groups in total.